The molecule has 78 valence electrons. The molecule has 0 bridgehead atoms. The smallest absolute Gasteiger partial charge is 0.214 e. The molecule has 0 saturated heterocycles. The van der Waals surface area contributed by atoms with Crippen molar-refractivity contribution in [3.63, 3.8) is 0 Å². The zero-order valence-electron chi connectivity index (χ0n) is 7.71. The summed E-state index contributed by atoms with van der Waals surface area (Å²) < 4.78 is 1.90. The SMILES string of the molecule is Cc1cc(C(=O)c2sccc2Br)sc1Br. The lowest BCUT2D eigenvalue weighted by atomic mass is 10.2. The molecule has 0 aliphatic rings. The van der Waals surface area contributed by atoms with E-state index in [9.17, 15) is 4.79 Å². The minimum Gasteiger partial charge on any atom is -0.287 e. The largest absolute Gasteiger partial charge is 0.287 e. The molecule has 2 rings (SSSR count). The monoisotopic (exact) mass is 364 g/mol. The molecule has 0 unspecified atom stereocenters. The van der Waals surface area contributed by atoms with Crippen LogP contribution in [0.2, 0.25) is 0 Å². The first kappa shape index (κ1) is 11.5. The molecule has 0 spiro atoms. The molecule has 2 heterocycles. The van der Waals surface area contributed by atoms with Crippen molar-refractivity contribution in [3.05, 3.63) is 41.1 Å². The minimum atomic E-state index is 0.0932. The van der Waals surface area contributed by atoms with Gasteiger partial charge in [-0.3, -0.25) is 4.79 Å². The van der Waals surface area contributed by atoms with Crippen LogP contribution in [-0.2, 0) is 0 Å². The van der Waals surface area contributed by atoms with E-state index in [1.165, 1.54) is 22.7 Å². The van der Waals surface area contributed by atoms with Gasteiger partial charge >= 0.3 is 0 Å². The Kier molecular flexibility index (Phi) is 3.45. The van der Waals surface area contributed by atoms with Gasteiger partial charge < -0.3 is 0 Å². The zero-order chi connectivity index (χ0) is 11.0. The fraction of sp³-hybridized carbons (Fsp3) is 0.100. The van der Waals surface area contributed by atoms with E-state index in [0.717, 1.165) is 23.6 Å². The topological polar surface area (TPSA) is 17.1 Å². The number of hydrogen-bond acceptors (Lipinski definition) is 3. The lowest BCUT2D eigenvalue weighted by Gasteiger charge is -1.93. The normalized spacial score (nSPS) is 10.6. The average Bonchev–Trinajstić information content (AvgIpc) is 2.74. The third-order valence-electron chi connectivity index (χ3n) is 1.90. The van der Waals surface area contributed by atoms with Gasteiger partial charge in [0.05, 0.1) is 13.5 Å². The Bertz CT molecular complexity index is 494. The van der Waals surface area contributed by atoms with Crippen molar-refractivity contribution in [2.75, 3.05) is 0 Å². The van der Waals surface area contributed by atoms with E-state index in [0.29, 0.717) is 0 Å². The maximum Gasteiger partial charge on any atom is 0.214 e. The van der Waals surface area contributed by atoms with Gasteiger partial charge in [0.25, 0.3) is 0 Å². The second-order valence-corrected chi connectivity index (χ2v) is 7.13. The van der Waals surface area contributed by atoms with Crippen LogP contribution in [0.15, 0.2) is 25.8 Å². The number of hydrogen-bond donors (Lipinski definition) is 0. The van der Waals surface area contributed by atoms with E-state index in [2.05, 4.69) is 31.9 Å². The molecular formula is C10H6Br2OS2. The first-order valence-corrected chi connectivity index (χ1v) is 7.41. The first-order valence-electron chi connectivity index (χ1n) is 4.13. The predicted octanol–water partition coefficient (Wildman–Crippen LogP) is 4.87. The van der Waals surface area contributed by atoms with Crippen LogP contribution in [0.4, 0.5) is 0 Å². The molecule has 0 radical (unpaired) electrons. The van der Waals surface area contributed by atoms with E-state index in [-0.39, 0.29) is 5.78 Å². The second-order valence-electron chi connectivity index (χ2n) is 2.99. The van der Waals surface area contributed by atoms with E-state index >= 15 is 0 Å². The lowest BCUT2D eigenvalue weighted by molar-refractivity contribution is 0.104. The number of carbonyl (C=O) groups is 1. The molecule has 0 amide bonds. The van der Waals surface area contributed by atoms with Crippen LogP contribution in [-0.4, -0.2) is 5.78 Å². The zero-order valence-corrected chi connectivity index (χ0v) is 12.5. The van der Waals surface area contributed by atoms with Crippen LogP contribution in [0.25, 0.3) is 0 Å². The summed E-state index contributed by atoms with van der Waals surface area (Å²) in [5.41, 5.74) is 1.11. The van der Waals surface area contributed by atoms with Crippen molar-refractivity contribution < 1.29 is 4.79 Å². The first-order chi connectivity index (χ1) is 7.09. The van der Waals surface area contributed by atoms with Gasteiger partial charge in [-0.05, 0) is 61.9 Å². The third-order valence-corrected chi connectivity index (χ3v) is 5.88. The maximum atomic E-state index is 12.1. The molecule has 1 nitrogen and oxygen atoms in total. The molecule has 0 aliphatic carbocycles. The van der Waals surface area contributed by atoms with Gasteiger partial charge in [0.2, 0.25) is 5.78 Å². The van der Waals surface area contributed by atoms with Crippen molar-refractivity contribution in [1.29, 1.82) is 0 Å². The number of rotatable bonds is 2. The molecular weight excluding hydrogens is 360 g/mol. The van der Waals surface area contributed by atoms with Crippen LogP contribution in [0, 0.1) is 6.92 Å². The summed E-state index contributed by atoms with van der Waals surface area (Å²) >= 11 is 9.74. The van der Waals surface area contributed by atoms with E-state index in [1.807, 2.05) is 24.4 Å². The van der Waals surface area contributed by atoms with Gasteiger partial charge in [-0.1, -0.05) is 0 Å². The molecule has 0 atom stereocenters. The quantitative estimate of drug-likeness (QED) is 0.693. The molecule has 5 heteroatoms. The van der Waals surface area contributed by atoms with Crippen LogP contribution in [0.1, 0.15) is 20.1 Å². The van der Waals surface area contributed by atoms with Crippen molar-refractivity contribution in [2.45, 2.75) is 6.92 Å². The summed E-state index contributed by atoms with van der Waals surface area (Å²) in [6.07, 6.45) is 0. The maximum absolute atomic E-state index is 12.1. The van der Waals surface area contributed by atoms with Crippen molar-refractivity contribution in [3.8, 4) is 0 Å². The molecule has 0 fully saturated rings. The lowest BCUT2D eigenvalue weighted by Crippen LogP contribution is -1.95. The molecule has 2 aromatic heterocycles. The highest BCUT2D eigenvalue weighted by Crippen LogP contribution is 2.32. The fourth-order valence-corrected chi connectivity index (χ4v) is 4.19. The molecule has 15 heavy (non-hydrogen) atoms. The number of aryl methyl sites for hydroxylation is 1. The van der Waals surface area contributed by atoms with Gasteiger partial charge in [-0.15, -0.1) is 22.7 Å². The van der Waals surface area contributed by atoms with Gasteiger partial charge in [0, 0.05) is 4.47 Å². The number of ketones is 1. The van der Waals surface area contributed by atoms with Crippen LogP contribution < -0.4 is 0 Å². The van der Waals surface area contributed by atoms with Gasteiger partial charge in [0.15, 0.2) is 0 Å². The summed E-state index contributed by atoms with van der Waals surface area (Å²) in [6.45, 7) is 1.99. The summed E-state index contributed by atoms with van der Waals surface area (Å²) in [6, 6.07) is 3.82. The summed E-state index contributed by atoms with van der Waals surface area (Å²) in [7, 11) is 0. The minimum absolute atomic E-state index is 0.0932. The highest BCUT2D eigenvalue weighted by atomic mass is 79.9. The Labute approximate surface area is 112 Å². The average molecular weight is 366 g/mol. The van der Waals surface area contributed by atoms with E-state index in [1.54, 1.807) is 0 Å². The summed E-state index contributed by atoms with van der Waals surface area (Å²) in [5.74, 6) is 0.0932. The number of thiophene rings is 2. The fourth-order valence-electron chi connectivity index (χ4n) is 1.14. The van der Waals surface area contributed by atoms with Crippen LogP contribution >= 0.6 is 54.5 Å². The van der Waals surface area contributed by atoms with Crippen molar-refractivity contribution in [2.24, 2.45) is 0 Å². The van der Waals surface area contributed by atoms with Crippen LogP contribution in [0.5, 0.6) is 0 Å². The van der Waals surface area contributed by atoms with Crippen molar-refractivity contribution in [1.82, 2.24) is 0 Å². The highest BCUT2D eigenvalue weighted by molar-refractivity contribution is 9.11. The Morgan fingerprint density at radius 3 is 2.60 bits per heavy atom. The molecule has 0 N–H and O–H groups in total. The molecule has 0 aromatic carbocycles. The Hall–Kier alpha value is 0.0300. The Balaban J connectivity index is 2.41. The second kappa shape index (κ2) is 4.49. The standard InChI is InChI=1S/C10H6Br2OS2/c1-5-4-7(15-10(5)12)8(13)9-6(11)2-3-14-9/h2-4H,1H3. The van der Waals surface area contributed by atoms with Crippen molar-refractivity contribution >= 4 is 60.3 Å². The van der Waals surface area contributed by atoms with Gasteiger partial charge in [0.1, 0.15) is 0 Å². The Morgan fingerprint density at radius 2 is 2.13 bits per heavy atom. The Morgan fingerprint density at radius 1 is 1.40 bits per heavy atom. The predicted molar refractivity (Wildman–Crippen MR) is 72.2 cm³/mol. The number of halogens is 2. The van der Waals surface area contributed by atoms with Gasteiger partial charge in [-0.25, -0.2) is 0 Å². The molecule has 0 aliphatic heterocycles. The summed E-state index contributed by atoms with van der Waals surface area (Å²) in [5, 5.41) is 1.91. The highest BCUT2D eigenvalue weighted by Gasteiger charge is 2.16. The van der Waals surface area contributed by atoms with Crippen LogP contribution in [0.3, 0.4) is 0 Å². The number of carbonyl (C=O) groups excluding carboxylic acids is 1. The third kappa shape index (κ3) is 2.25. The van der Waals surface area contributed by atoms with E-state index in [4.69, 9.17) is 0 Å². The summed E-state index contributed by atoms with van der Waals surface area (Å²) in [4.78, 5) is 13.6. The molecule has 0 saturated carbocycles. The van der Waals surface area contributed by atoms with E-state index < -0.39 is 0 Å². The molecule has 2 aromatic rings. The van der Waals surface area contributed by atoms with Gasteiger partial charge in [-0.2, -0.15) is 0 Å².